The lowest BCUT2D eigenvalue weighted by atomic mass is 9.90. The van der Waals surface area contributed by atoms with Gasteiger partial charge >= 0.3 is 0 Å². The minimum atomic E-state index is -3.30. The Hall–Kier alpha value is -2.39. The lowest BCUT2D eigenvalue weighted by Crippen LogP contribution is -2.35. The number of rotatable bonds is 2. The van der Waals surface area contributed by atoms with E-state index in [1.807, 2.05) is 24.3 Å². The number of nitrogens with one attached hydrogen (secondary N) is 1. The topological polar surface area (TPSA) is 110 Å². The lowest BCUT2D eigenvalue weighted by molar-refractivity contribution is 0.0859. The van der Waals surface area contributed by atoms with E-state index < -0.39 is 10.0 Å². The van der Waals surface area contributed by atoms with Gasteiger partial charge < -0.3 is 11.1 Å². The van der Waals surface area contributed by atoms with E-state index in [0.717, 1.165) is 16.8 Å². The summed E-state index contributed by atoms with van der Waals surface area (Å²) in [7, 11) is -3.30. The van der Waals surface area contributed by atoms with E-state index in [1.165, 1.54) is 15.2 Å². The molecule has 8 nitrogen and oxygen atoms in total. The third-order valence-corrected chi connectivity index (χ3v) is 6.35. The van der Waals surface area contributed by atoms with Crippen LogP contribution in [0.15, 0.2) is 24.3 Å². The first kappa shape index (κ1) is 17.0. The van der Waals surface area contributed by atoms with Crippen LogP contribution in [0.4, 0.5) is 11.5 Å². The highest BCUT2D eigenvalue weighted by Gasteiger charge is 2.33. The van der Waals surface area contributed by atoms with Crippen molar-refractivity contribution >= 4 is 27.4 Å². The maximum atomic E-state index is 13.1. The van der Waals surface area contributed by atoms with Crippen molar-refractivity contribution in [3.8, 4) is 0 Å². The molecule has 0 bridgehead atoms. The molecule has 1 aromatic heterocycles. The molecule has 2 aliphatic heterocycles. The molecule has 0 radical (unpaired) electrons. The molecular formula is C17H21N5O3S. The minimum Gasteiger partial charge on any atom is -0.385 e. The highest BCUT2D eigenvalue weighted by molar-refractivity contribution is 7.88. The van der Waals surface area contributed by atoms with Crippen molar-refractivity contribution in [1.29, 1.82) is 0 Å². The van der Waals surface area contributed by atoms with Gasteiger partial charge in [0.15, 0.2) is 0 Å². The first-order valence-electron chi connectivity index (χ1n) is 8.54. The number of nitrogens with two attached hydrogens (primary N) is 1. The molecule has 0 fully saturated rings. The molecule has 3 heterocycles. The Balaban J connectivity index is 1.68. The molecule has 9 heteroatoms. The van der Waals surface area contributed by atoms with E-state index in [4.69, 9.17) is 5.73 Å². The molecular weight excluding hydrogens is 354 g/mol. The van der Waals surface area contributed by atoms with E-state index in [9.17, 15) is 13.2 Å². The minimum absolute atomic E-state index is 0.154. The summed E-state index contributed by atoms with van der Waals surface area (Å²) in [5.74, 6) is -0.159. The van der Waals surface area contributed by atoms with Crippen LogP contribution in [0.25, 0.3) is 0 Å². The summed E-state index contributed by atoms with van der Waals surface area (Å²) >= 11 is 0. The molecule has 0 unspecified atom stereocenters. The molecule has 1 atom stereocenters. The predicted molar refractivity (Wildman–Crippen MR) is 98.5 cm³/mol. The SMILES string of the molecule is CS(=O)(=O)N1CCc2c(nn(C(=O)[C@@H]3CCNc4ccccc43)c2N)C1. The average molecular weight is 375 g/mol. The van der Waals surface area contributed by atoms with Crippen molar-refractivity contribution in [3.63, 3.8) is 0 Å². The highest BCUT2D eigenvalue weighted by Crippen LogP contribution is 2.34. The number of hydrogen-bond donors (Lipinski definition) is 2. The first-order valence-corrected chi connectivity index (χ1v) is 10.4. The Bertz CT molecular complexity index is 982. The standard InChI is InChI=1S/C17H21N5O3S/c1-26(24,25)21-9-7-13-15(10-21)20-22(16(13)18)17(23)12-6-8-19-14-5-3-2-4-11(12)14/h2-5,12,19H,6-10,18H2,1H3/t12-/m1/s1. The van der Waals surface area contributed by atoms with Crippen molar-refractivity contribution in [2.24, 2.45) is 0 Å². The van der Waals surface area contributed by atoms with Crippen LogP contribution in [0.5, 0.6) is 0 Å². The van der Waals surface area contributed by atoms with Crippen molar-refractivity contribution in [2.45, 2.75) is 25.3 Å². The van der Waals surface area contributed by atoms with E-state index in [0.29, 0.717) is 37.4 Å². The molecule has 0 saturated heterocycles. The number of sulfonamides is 1. The summed E-state index contributed by atoms with van der Waals surface area (Å²) in [5.41, 5.74) is 9.44. The van der Waals surface area contributed by atoms with E-state index in [-0.39, 0.29) is 18.4 Å². The lowest BCUT2D eigenvalue weighted by Gasteiger charge is -2.25. The maximum absolute atomic E-state index is 13.1. The van der Waals surface area contributed by atoms with Crippen LogP contribution >= 0.6 is 0 Å². The normalized spacial score (nSPS) is 20.1. The smallest absolute Gasteiger partial charge is 0.256 e. The molecule has 3 N–H and O–H groups in total. The number of aromatic nitrogens is 2. The second-order valence-electron chi connectivity index (χ2n) is 6.76. The number of carbonyl (C=O) groups is 1. The Morgan fingerprint density at radius 3 is 2.88 bits per heavy atom. The summed E-state index contributed by atoms with van der Waals surface area (Å²) in [6, 6.07) is 7.73. The van der Waals surface area contributed by atoms with Crippen molar-refractivity contribution in [2.75, 3.05) is 30.4 Å². The van der Waals surface area contributed by atoms with Gasteiger partial charge in [-0.05, 0) is 24.5 Å². The summed E-state index contributed by atoms with van der Waals surface area (Å²) in [6.07, 6.45) is 2.30. The number of hydrogen-bond acceptors (Lipinski definition) is 6. The quantitative estimate of drug-likeness (QED) is 0.811. The Kier molecular flexibility index (Phi) is 4.00. The average Bonchev–Trinajstić information content (AvgIpc) is 2.96. The monoisotopic (exact) mass is 375 g/mol. The first-order chi connectivity index (χ1) is 12.4. The van der Waals surface area contributed by atoms with Crippen LogP contribution in [-0.2, 0) is 23.0 Å². The van der Waals surface area contributed by atoms with Crippen molar-refractivity contribution < 1.29 is 13.2 Å². The molecule has 0 amide bonds. The third kappa shape index (κ3) is 2.77. The number of nitrogens with zero attached hydrogens (tertiary/aromatic N) is 3. The summed E-state index contributed by atoms with van der Waals surface area (Å²) < 4.78 is 26.2. The van der Waals surface area contributed by atoms with Crippen LogP contribution in [0, 0.1) is 0 Å². The van der Waals surface area contributed by atoms with Gasteiger partial charge in [0, 0.05) is 24.3 Å². The fraction of sp³-hybridized carbons (Fsp3) is 0.412. The predicted octanol–water partition coefficient (Wildman–Crippen LogP) is 1.02. The zero-order valence-electron chi connectivity index (χ0n) is 14.5. The van der Waals surface area contributed by atoms with E-state index >= 15 is 0 Å². The summed E-state index contributed by atoms with van der Waals surface area (Å²) in [6.45, 7) is 1.21. The Morgan fingerprint density at radius 1 is 1.35 bits per heavy atom. The third-order valence-electron chi connectivity index (χ3n) is 5.10. The number of para-hydroxylation sites is 1. The molecule has 0 saturated carbocycles. The van der Waals surface area contributed by atoms with Crippen LogP contribution < -0.4 is 11.1 Å². The number of fused-ring (bicyclic) bond motifs is 2. The van der Waals surface area contributed by atoms with Crippen LogP contribution in [0.3, 0.4) is 0 Å². The zero-order chi connectivity index (χ0) is 18.5. The van der Waals surface area contributed by atoms with Gasteiger partial charge in [0.2, 0.25) is 10.0 Å². The van der Waals surface area contributed by atoms with Gasteiger partial charge in [-0.15, -0.1) is 0 Å². The fourth-order valence-electron chi connectivity index (χ4n) is 3.72. The molecule has 0 spiro atoms. The molecule has 2 aromatic rings. The molecule has 26 heavy (non-hydrogen) atoms. The Morgan fingerprint density at radius 2 is 2.12 bits per heavy atom. The van der Waals surface area contributed by atoms with Crippen LogP contribution in [0.2, 0.25) is 0 Å². The molecule has 1 aromatic carbocycles. The van der Waals surface area contributed by atoms with Crippen LogP contribution in [-0.4, -0.2) is 47.8 Å². The fourth-order valence-corrected chi connectivity index (χ4v) is 4.50. The van der Waals surface area contributed by atoms with Gasteiger partial charge in [0.05, 0.1) is 24.4 Å². The number of anilines is 2. The van der Waals surface area contributed by atoms with Gasteiger partial charge in [0.1, 0.15) is 5.82 Å². The zero-order valence-corrected chi connectivity index (χ0v) is 15.3. The second kappa shape index (κ2) is 6.10. The van der Waals surface area contributed by atoms with Crippen molar-refractivity contribution in [1.82, 2.24) is 14.1 Å². The van der Waals surface area contributed by atoms with Gasteiger partial charge in [-0.3, -0.25) is 4.79 Å². The molecule has 2 aliphatic rings. The Labute approximate surface area is 152 Å². The number of carbonyl (C=O) groups excluding carboxylic acids is 1. The van der Waals surface area contributed by atoms with Gasteiger partial charge in [-0.25, -0.2) is 8.42 Å². The van der Waals surface area contributed by atoms with E-state index in [2.05, 4.69) is 10.4 Å². The van der Waals surface area contributed by atoms with Crippen LogP contribution in [0.1, 0.15) is 34.0 Å². The van der Waals surface area contributed by atoms with Gasteiger partial charge in [-0.1, -0.05) is 18.2 Å². The van der Waals surface area contributed by atoms with Crippen molar-refractivity contribution in [3.05, 3.63) is 41.1 Å². The number of nitrogen functional groups attached to an aromatic ring is 1. The van der Waals surface area contributed by atoms with E-state index in [1.54, 1.807) is 0 Å². The summed E-state index contributed by atoms with van der Waals surface area (Å²) in [4.78, 5) is 13.1. The molecule has 4 rings (SSSR count). The second-order valence-corrected chi connectivity index (χ2v) is 8.74. The maximum Gasteiger partial charge on any atom is 0.256 e. The highest BCUT2D eigenvalue weighted by atomic mass is 32.2. The van der Waals surface area contributed by atoms with Gasteiger partial charge in [-0.2, -0.15) is 14.1 Å². The summed E-state index contributed by atoms with van der Waals surface area (Å²) in [5, 5.41) is 7.68. The van der Waals surface area contributed by atoms with Gasteiger partial charge in [0.25, 0.3) is 5.91 Å². The molecule has 138 valence electrons. The number of benzene rings is 1. The molecule has 0 aliphatic carbocycles. The largest absolute Gasteiger partial charge is 0.385 e.